The van der Waals surface area contributed by atoms with Crippen molar-refractivity contribution in [3.05, 3.63) is 35.4 Å². The Morgan fingerprint density at radius 3 is 2.41 bits per heavy atom. The van der Waals surface area contributed by atoms with Crippen LogP contribution >= 0.6 is 0 Å². The number of hydrogen-bond donors (Lipinski definition) is 2. The molecule has 0 bridgehead atoms. The van der Waals surface area contributed by atoms with Crippen LogP contribution in [0.5, 0.6) is 0 Å². The van der Waals surface area contributed by atoms with E-state index in [0.717, 1.165) is 5.56 Å². The van der Waals surface area contributed by atoms with E-state index in [9.17, 15) is 9.59 Å². The zero-order valence-corrected chi connectivity index (χ0v) is 9.22. The average Bonchev–Trinajstić information content (AvgIpc) is 2.30. The van der Waals surface area contributed by atoms with Gasteiger partial charge in [0.25, 0.3) is 0 Å². The number of rotatable bonds is 5. The monoisotopic (exact) mass is 231 g/mol. The molecule has 0 aliphatic rings. The molecule has 0 saturated carbocycles. The van der Waals surface area contributed by atoms with Crippen LogP contribution in [0.25, 0.3) is 0 Å². The van der Waals surface area contributed by atoms with E-state index in [-0.39, 0.29) is 18.6 Å². The van der Waals surface area contributed by atoms with Gasteiger partial charge in [0.05, 0.1) is 6.42 Å². The van der Waals surface area contributed by atoms with Gasteiger partial charge in [0.2, 0.25) is 0 Å². The van der Waals surface area contributed by atoms with Gasteiger partial charge >= 0.3 is 5.97 Å². The van der Waals surface area contributed by atoms with Crippen LogP contribution in [0.4, 0.5) is 0 Å². The summed E-state index contributed by atoms with van der Waals surface area (Å²) in [6.07, 6.45) is 5.34. The van der Waals surface area contributed by atoms with E-state index in [0.29, 0.717) is 5.56 Å². The number of terminal acetylenes is 1. The van der Waals surface area contributed by atoms with E-state index < -0.39 is 12.0 Å². The topological polar surface area (TPSA) is 80.4 Å². The number of benzene rings is 1. The molecule has 4 nitrogen and oxygen atoms in total. The van der Waals surface area contributed by atoms with Crippen LogP contribution in [0.1, 0.15) is 22.3 Å². The Morgan fingerprint density at radius 1 is 1.35 bits per heavy atom. The molecule has 4 heteroatoms. The maximum Gasteiger partial charge on any atom is 0.320 e. The van der Waals surface area contributed by atoms with Gasteiger partial charge in [-0.3, -0.25) is 9.59 Å². The van der Waals surface area contributed by atoms with Crippen molar-refractivity contribution in [3.63, 3.8) is 0 Å². The predicted octanol–water partition coefficient (Wildman–Crippen LogP) is 0.847. The van der Waals surface area contributed by atoms with Gasteiger partial charge in [-0.05, 0) is 12.0 Å². The Kier molecular flexibility index (Phi) is 4.44. The van der Waals surface area contributed by atoms with E-state index in [4.69, 9.17) is 17.3 Å². The minimum Gasteiger partial charge on any atom is -0.480 e. The number of ketones is 1. The predicted molar refractivity (Wildman–Crippen MR) is 63.5 cm³/mol. The lowest BCUT2D eigenvalue weighted by Gasteiger charge is -2.06. The van der Waals surface area contributed by atoms with E-state index in [1.807, 2.05) is 0 Å². The lowest BCUT2D eigenvalue weighted by Crippen LogP contribution is -2.32. The van der Waals surface area contributed by atoms with Gasteiger partial charge in [-0.15, -0.1) is 6.42 Å². The summed E-state index contributed by atoms with van der Waals surface area (Å²) in [4.78, 5) is 22.0. The van der Waals surface area contributed by atoms with Crippen LogP contribution in [0.15, 0.2) is 24.3 Å². The van der Waals surface area contributed by atoms with Gasteiger partial charge in [0.1, 0.15) is 6.04 Å². The molecule has 0 radical (unpaired) electrons. The summed E-state index contributed by atoms with van der Waals surface area (Å²) in [5, 5.41) is 8.65. The largest absolute Gasteiger partial charge is 0.480 e. The molecule has 1 aromatic carbocycles. The summed E-state index contributed by atoms with van der Waals surface area (Å²) in [6, 6.07) is 5.70. The Hall–Kier alpha value is -2.12. The van der Waals surface area contributed by atoms with Gasteiger partial charge in [0, 0.05) is 5.56 Å². The Morgan fingerprint density at radius 2 is 1.94 bits per heavy atom. The number of nitrogens with two attached hydrogens (primary N) is 1. The molecule has 0 spiro atoms. The number of Topliss-reactive ketones (excluding diaryl/α,β-unsaturated/α-hetero) is 1. The number of carbonyl (C=O) groups excluding carboxylic acids is 1. The Balaban J connectivity index is 2.72. The van der Waals surface area contributed by atoms with Crippen LogP contribution in [-0.4, -0.2) is 22.9 Å². The summed E-state index contributed by atoms with van der Waals surface area (Å²) in [6.45, 7) is 0. The zero-order valence-electron chi connectivity index (χ0n) is 9.22. The number of carboxylic acids is 1. The highest BCUT2D eigenvalue weighted by Gasteiger charge is 2.12. The summed E-state index contributed by atoms with van der Waals surface area (Å²) >= 11 is 0. The normalized spacial score (nSPS) is 11.5. The highest BCUT2D eigenvalue weighted by Crippen LogP contribution is 2.08. The van der Waals surface area contributed by atoms with Gasteiger partial charge in [0.15, 0.2) is 5.78 Å². The van der Waals surface area contributed by atoms with Crippen LogP contribution in [-0.2, 0) is 11.2 Å². The SMILES string of the molecule is C#CCC(=O)c1ccc(CC(N)C(=O)O)cc1. The fourth-order valence-electron chi connectivity index (χ4n) is 1.36. The van der Waals surface area contributed by atoms with Crippen molar-refractivity contribution in [2.24, 2.45) is 5.73 Å². The second-order valence-electron chi connectivity index (χ2n) is 3.65. The van der Waals surface area contributed by atoms with E-state index in [1.54, 1.807) is 24.3 Å². The molecule has 0 heterocycles. The average molecular weight is 231 g/mol. The molecule has 1 rings (SSSR count). The molecule has 1 aromatic rings. The highest BCUT2D eigenvalue weighted by molar-refractivity contribution is 5.97. The number of aliphatic carboxylic acids is 1. The van der Waals surface area contributed by atoms with Crippen molar-refractivity contribution in [3.8, 4) is 12.3 Å². The zero-order chi connectivity index (χ0) is 12.8. The third-order valence-electron chi connectivity index (χ3n) is 2.31. The van der Waals surface area contributed by atoms with Gasteiger partial charge in [-0.1, -0.05) is 30.2 Å². The number of carbonyl (C=O) groups is 2. The molecular weight excluding hydrogens is 218 g/mol. The first-order valence-corrected chi connectivity index (χ1v) is 5.08. The molecule has 0 amide bonds. The van der Waals surface area contributed by atoms with Gasteiger partial charge in [-0.25, -0.2) is 0 Å². The standard InChI is InChI=1S/C13H13NO3/c1-2-3-12(15)10-6-4-9(5-7-10)8-11(14)13(16)17/h1,4-7,11H,3,8,14H2,(H,16,17). The van der Waals surface area contributed by atoms with Crippen molar-refractivity contribution < 1.29 is 14.7 Å². The van der Waals surface area contributed by atoms with Crippen molar-refractivity contribution >= 4 is 11.8 Å². The molecule has 1 atom stereocenters. The van der Waals surface area contributed by atoms with Crippen molar-refractivity contribution in [1.29, 1.82) is 0 Å². The lowest BCUT2D eigenvalue weighted by molar-refractivity contribution is -0.138. The molecule has 88 valence electrons. The fraction of sp³-hybridized carbons (Fsp3) is 0.231. The number of carboxylic acid groups (broad SMARTS) is 1. The maximum atomic E-state index is 11.4. The molecule has 17 heavy (non-hydrogen) atoms. The third kappa shape index (κ3) is 3.74. The first-order chi connectivity index (χ1) is 8.04. The molecule has 0 saturated heterocycles. The molecule has 0 fully saturated rings. The Labute approximate surface area is 99.4 Å². The molecular formula is C13H13NO3. The minimum atomic E-state index is -1.04. The van der Waals surface area contributed by atoms with Crippen LogP contribution in [0, 0.1) is 12.3 Å². The second-order valence-corrected chi connectivity index (χ2v) is 3.65. The summed E-state index contributed by atoms with van der Waals surface area (Å²) in [7, 11) is 0. The first kappa shape index (κ1) is 12.9. The maximum absolute atomic E-state index is 11.4. The van der Waals surface area contributed by atoms with Crippen molar-refractivity contribution in [2.45, 2.75) is 18.9 Å². The van der Waals surface area contributed by atoms with E-state index in [1.165, 1.54) is 0 Å². The van der Waals surface area contributed by atoms with Crippen molar-refractivity contribution in [2.75, 3.05) is 0 Å². The molecule has 0 aromatic heterocycles. The molecule has 0 aliphatic heterocycles. The third-order valence-corrected chi connectivity index (χ3v) is 2.31. The summed E-state index contributed by atoms with van der Waals surface area (Å²) < 4.78 is 0. The highest BCUT2D eigenvalue weighted by atomic mass is 16.4. The van der Waals surface area contributed by atoms with Gasteiger partial charge < -0.3 is 10.8 Å². The van der Waals surface area contributed by atoms with Crippen molar-refractivity contribution in [1.82, 2.24) is 0 Å². The van der Waals surface area contributed by atoms with Crippen LogP contribution in [0.3, 0.4) is 0 Å². The fourth-order valence-corrected chi connectivity index (χ4v) is 1.36. The smallest absolute Gasteiger partial charge is 0.320 e. The molecule has 3 N–H and O–H groups in total. The second kappa shape index (κ2) is 5.83. The first-order valence-electron chi connectivity index (χ1n) is 5.08. The summed E-state index contributed by atoms with van der Waals surface area (Å²) in [5.74, 6) is 1.11. The van der Waals surface area contributed by atoms with E-state index >= 15 is 0 Å². The summed E-state index contributed by atoms with van der Waals surface area (Å²) in [5.41, 5.74) is 6.70. The van der Waals surface area contributed by atoms with Gasteiger partial charge in [-0.2, -0.15) is 0 Å². The number of hydrogen-bond acceptors (Lipinski definition) is 3. The lowest BCUT2D eigenvalue weighted by atomic mass is 10.0. The quantitative estimate of drug-likeness (QED) is 0.581. The molecule has 1 unspecified atom stereocenters. The Bertz CT molecular complexity index is 457. The molecule has 0 aliphatic carbocycles. The van der Waals surface area contributed by atoms with Crippen LogP contribution in [0.2, 0.25) is 0 Å². The van der Waals surface area contributed by atoms with E-state index in [2.05, 4.69) is 5.92 Å². The van der Waals surface area contributed by atoms with Crippen LogP contribution < -0.4 is 5.73 Å². The minimum absolute atomic E-state index is 0.0635.